The van der Waals surface area contributed by atoms with Gasteiger partial charge in [0.25, 0.3) is 11.6 Å². The number of non-ortho nitro benzene ring substituents is 1. The van der Waals surface area contributed by atoms with Crippen molar-refractivity contribution in [3.8, 4) is 0 Å². The number of rotatable bonds is 5. The first-order chi connectivity index (χ1) is 8.49. The van der Waals surface area contributed by atoms with Crippen molar-refractivity contribution in [2.24, 2.45) is 0 Å². The summed E-state index contributed by atoms with van der Waals surface area (Å²) in [7, 11) is 0. The lowest BCUT2D eigenvalue weighted by Crippen LogP contribution is -2.32. The molecule has 98 valence electrons. The number of nitro groups is 1. The Morgan fingerprint density at radius 2 is 2.17 bits per heavy atom. The Morgan fingerprint density at radius 1 is 1.50 bits per heavy atom. The fourth-order valence-electron chi connectivity index (χ4n) is 1.49. The molecule has 0 bridgehead atoms. The third kappa shape index (κ3) is 3.49. The molecular formula is C11H12BrFN2O3. The average molecular weight is 319 g/mol. The van der Waals surface area contributed by atoms with Crippen molar-refractivity contribution in [1.82, 2.24) is 4.90 Å². The van der Waals surface area contributed by atoms with Crippen LogP contribution in [0.3, 0.4) is 0 Å². The van der Waals surface area contributed by atoms with Crippen LogP contribution in [0.1, 0.15) is 17.3 Å². The molecule has 1 aromatic rings. The number of amides is 1. The quantitative estimate of drug-likeness (QED) is 0.476. The molecule has 0 saturated carbocycles. The van der Waals surface area contributed by atoms with Gasteiger partial charge in [-0.1, -0.05) is 15.9 Å². The Balaban J connectivity index is 3.08. The highest BCUT2D eigenvalue weighted by Gasteiger charge is 2.18. The molecule has 5 nitrogen and oxygen atoms in total. The van der Waals surface area contributed by atoms with E-state index < -0.39 is 22.3 Å². The van der Waals surface area contributed by atoms with Gasteiger partial charge in [0.1, 0.15) is 5.82 Å². The Hall–Kier alpha value is -1.50. The van der Waals surface area contributed by atoms with Crippen molar-refractivity contribution in [2.75, 3.05) is 18.4 Å². The Morgan fingerprint density at radius 3 is 2.67 bits per heavy atom. The van der Waals surface area contributed by atoms with Gasteiger partial charge in [-0.15, -0.1) is 0 Å². The van der Waals surface area contributed by atoms with Crippen LogP contribution in [0.25, 0.3) is 0 Å². The van der Waals surface area contributed by atoms with Crippen molar-refractivity contribution in [3.05, 3.63) is 39.7 Å². The van der Waals surface area contributed by atoms with Gasteiger partial charge in [0, 0.05) is 30.0 Å². The average Bonchev–Trinajstić information content (AvgIpc) is 2.34. The second kappa shape index (κ2) is 6.44. The second-order valence-corrected chi connectivity index (χ2v) is 4.32. The smallest absolute Gasteiger partial charge is 0.273 e. The van der Waals surface area contributed by atoms with Crippen molar-refractivity contribution < 1.29 is 14.1 Å². The molecule has 0 atom stereocenters. The predicted molar refractivity (Wildman–Crippen MR) is 68.4 cm³/mol. The van der Waals surface area contributed by atoms with Gasteiger partial charge >= 0.3 is 0 Å². The van der Waals surface area contributed by atoms with Gasteiger partial charge in [-0.25, -0.2) is 4.39 Å². The van der Waals surface area contributed by atoms with Crippen LogP contribution in [-0.4, -0.2) is 34.2 Å². The molecule has 0 aliphatic rings. The summed E-state index contributed by atoms with van der Waals surface area (Å²) in [5.74, 6) is -1.21. The predicted octanol–water partition coefficient (Wildman–Crippen LogP) is 2.59. The van der Waals surface area contributed by atoms with Gasteiger partial charge in [0.15, 0.2) is 0 Å². The molecular weight excluding hydrogens is 307 g/mol. The second-order valence-electron chi connectivity index (χ2n) is 3.53. The highest BCUT2D eigenvalue weighted by atomic mass is 79.9. The molecule has 0 unspecified atom stereocenters. The monoisotopic (exact) mass is 318 g/mol. The molecule has 7 heteroatoms. The zero-order chi connectivity index (χ0) is 13.7. The molecule has 0 spiro atoms. The van der Waals surface area contributed by atoms with Gasteiger partial charge in [0.2, 0.25) is 0 Å². The number of halogens is 2. The van der Waals surface area contributed by atoms with Crippen molar-refractivity contribution >= 4 is 27.5 Å². The van der Waals surface area contributed by atoms with Gasteiger partial charge in [-0.2, -0.15) is 0 Å². The van der Waals surface area contributed by atoms with E-state index in [0.29, 0.717) is 18.4 Å². The molecule has 0 aromatic heterocycles. The molecule has 0 saturated heterocycles. The standard InChI is InChI=1S/C11H12BrFN2O3/c1-2-14(4-3-12)11(16)8-5-9(13)7-10(6-8)15(17)18/h5-7H,2-4H2,1H3. The largest absolute Gasteiger partial charge is 0.338 e. The summed E-state index contributed by atoms with van der Waals surface area (Å²) in [5, 5.41) is 11.2. The molecule has 0 radical (unpaired) electrons. The molecule has 0 aliphatic heterocycles. The highest BCUT2D eigenvalue weighted by Crippen LogP contribution is 2.17. The minimum Gasteiger partial charge on any atom is -0.338 e. The van der Waals surface area contributed by atoms with Crippen LogP contribution in [0.2, 0.25) is 0 Å². The Bertz CT molecular complexity index is 468. The first-order valence-corrected chi connectivity index (χ1v) is 6.42. The molecule has 18 heavy (non-hydrogen) atoms. The third-order valence-corrected chi connectivity index (χ3v) is 2.72. The van der Waals surface area contributed by atoms with E-state index in [4.69, 9.17) is 0 Å². The number of carbonyl (C=O) groups excluding carboxylic acids is 1. The minimum absolute atomic E-state index is 0.00972. The molecule has 0 heterocycles. The summed E-state index contributed by atoms with van der Waals surface area (Å²) in [6.07, 6.45) is 0. The Kier molecular flexibility index (Phi) is 5.21. The lowest BCUT2D eigenvalue weighted by atomic mass is 10.1. The van der Waals surface area contributed by atoms with E-state index in [9.17, 15) is 19.3 Å². The number of hydrogen-bond acceptors (Lipinski definition) is 3. The van der Waals surface area contributed by atoms with Crippen LogP contribution in [0.4, 0.5) is 10.1 Å². The van der Waals surface area contributed by atoms with E-state index in [1.165, 1.54) is 4.90 Å². The molecule has 1 rings (SSSR count). The number of carbonyl (C=O) groups is 1. The van der Waals surface area contributed by atoms with Crippen LogP contribution in [0.15, 0.2) is 18.2 Å². The summed E-state index contributed by atoms with van der Waals surface area (Å²) < 4.78 is 13.2. The maximum absolute atomic E-state index is 13.2. The van der Waals surface area contributed by atoms with E-state index in [-0.39, 0.29) is 5.56 Å². The number of alkyl halides is 1. The number of nitro benzene ring substituents is 1. The van der Waals surface area contributed by atoms with Crippen LogP contribution in [0.5, 0.6) is 0 Å². The molecule has 0 aliphatic carbocycles. The summed E-state index contributed by atoms with van der Waals surface area (Å²) >= 11 is 3.21. The molecule has 0 N–H and O–H groups in total. The van der Waals surface area contributed by atoms with E-state index in [1.54, 1.807) is 6.92 Å². The third-order valence-electron chi connectivity index (χ3n) is 2.36. The van der Waals surface area contributed by atoms with Crippen LogP contribution >= 0.6 is 15.9 Å². The topological polar surface area (TPSA) is 63.5 Å². The SMILES string of the molecule is CCN(CCBr)C(=O)c1cc(F)cc([N+](=O)[O-])c1. The van der Waals surface area contributed by atoms with Crippen molar-refractivity contribution in [3.63, 3.8) is 0 Å². The van der Waals surface area contributed by atoms with Gasteiger partial charge in [-0.3, -0.25) is 14.9 Å². The van der Waals surface area contributed by atoms with Gasteiger partial charge in [-0.05, 0) is 13.0 Å². The lowest BCUT2D eigenvalue weighted by Gasteiger charge is -2.19. The fourth-order valence-corrected chi connectivity index (χ4v) is 1.92. The van der Waals surface area contributed by atoms with Gasteiger partial charge in [0.05, 0.1) is 11.0 Å². The minimum atomic E-state index is -0.789. The summed E-state index contributed by atoms with van der Waals surface area (Å²) in [6.45, 7) is 2.70. The number of nitrogens with zero attached hydrogens (tertiary/aromatic N) is 2. The van der Waals surface area contributed by atoms with Crippen LogP contribution in [0, 0.1) is 15.9 Å². The summed E-state index contributed by atoms with van der Waals surface area (Å²) in [4.78, 5) is 23.4. The normalized spacial score (nSPS) is 10.2. The molecule has 0 fully saturated rings. The highest BCUT2D eigenvalue weighted by molar-refractivity contribution is 9.09. The number of hydrogen-bond donors (Lipinski definition) is 0. The summed E-state index contributed by atoms with van der Waals surface area (Å²) in [6, 6.07) is 2.88. The maximum Gasteiger partial charge on any atom is 0.273 e. The van der Waals surface area contributed by atoms with Crippen LogP contribution < -0.4 is 0 Å². The summed E-state index contributed by atoms with van der Waals surface area (Å²) in [5.41, 5.74) is -0.433. The first-order valence-electron chi connectivity index (χ1n) is 5.29. The van der Waals surface area contributed by atoms with E-state index >= 15 is 0 Å². The fraction of sp³-hybridized carbons (Fsp3) is 0.364. The van der Waals surface area contributed by atoms with E-state index in [1.807, 2.05) is 0 Å². The zero-order valence-electron chi connectivity index (χ0n) is 9.73. The van der Waals surface area contributed by atoms with E-state index in [2.05, 4.69) is 15.9 Å². The first kappa shape index (κ1) is 14.6. The lowest BCUT2D eigenvalue weighted by molar-refractivity contribution is -0.385. The molecule has 1 amide bonds. The van der Waals surface area contributed by atoms with Gasteiger partial charge < -0.3 is 4.90 Å². The van der Waals surface area contributed by atoms with Crippen molar-refractivity contribution in [2.45, 2.75) is 6.92 Å². The zero-order valence-corrected chi connectivity index (χ0v) is 11.3. The number of benzene rings is 1. The van der Waals surface area contributed by atoms with Crippen LogP contribution in [-0.2, 0) is 0 Å². The molecule has 1 aromatic carbocycles. The Labute approximate surface area is 112 Å². The van der Waals surface area contributed by atoms with Crippen molar-refractivity contribution in [1.29, 1.82) is 0 Å². The van der Waals surface area contributed by atoms with E-state index in [0.717, 1.165) is 18.2 Å². The maximum atomic E-state index is 13.2.